The van der Waals surface area contributed by atoms with Crippen LogP contribution in [0.25, 0.3) is 0 Å². The molecule has 0 atom stereocenters. The summed E-state index contributed by atoms with van der Waals surface area (Å²) in [5.41, 5.74) is 3.05. The number of nitriles is 1. The van der Waals surface area contributed by atoms with Gasteiger partial charge in [0.25, 0.3) is 0 Å². The molecule has 0 aromatic heterocycles. The van der Waals surface area contributed by atoms with E-state index in [1.165, 1.54) is 23.5 Å². The number of benzene rings is 1. The number of ether oxygens (including phenoxy) is 1. The summed E-state index contributed by atoms with van der Waals surface area (Å²) >= 11 is 0. The first kappa shape index (κ1) is 16.4. The van der Waals surface area contributed by atoms with Crippen LogP contribution in [0.5, 0.6) is 0 Å². The fourth-order valence-electron chi connectivity index (χ4n) is 1.59. The van der Waals surface area contributed by atoms with Crippen LogP contribution < -0.4 is 11.3 Å². The maximum absolute atomic E-state index is 12.5. The highest BCUT2D eigenvalue weighted by atomic mass is 32.2. The van der Waals surface area contributed by atoms with Gasteiger partial charge >= 0.3 is 0 Å². The Morgan fingerprint density at radius 3 is 2.50 bits per heavy atom. The molecule has 0 radical (unpaired) electrons. The Morgan fingerprint density at radius 2 is 2.00 bits per heavy atom. The van der Waals surface area contributed by atoms with Crippen LogP contribution in [0.3, 0.4) is 0 Å². The van der Waals surface area contributed by atoms with Crippen LogP contribution in [0, 0.1) is 11.3 Å². The van der Waals surface area contributed by atoms with Gasteiger partial charge < -0.3 is 10.2 Å². The van der Waals surface area contributed by atoms with E-state index in [2.05, 4.69) is 5.43 Å². The molecule has 1 aromatic rings. The lowest BCUT2D eigenvalue weighted by Crippen LogP contribution is -2.34. The number of hydrazine groups is 1. The molecule has 0 saturated carbocycles. The molecule has 0 heterocycles. The van der Waals surface area contributed by atoms with Crippen molar-refractivity contribution < 1.29 is 13.2 Å². The Labute approximate surface area is 119 Å². The van der Waals surface area contributed by atoms with Crippen LogP contribution in [0.4, 0.5) is 5.69 Å². The van der Waals surface area contributed by atoms with Gasteiger partial charge in [0.05, 0.1) is 17.6 Å². The third-order valence-corrected chi connectivity index (χ3v) is 4.59. The molecule has 0 aliphatic heterocycles. The lowest BCUT2D eigenvalue weighted by molar-refractivity contribution is 0.179. The summed E-state index contributed by atoms with van der Waals surface area (Å²) in [6, 6.07) is 8.03. The molecular weight excluding hydrogens is 280 g/mol. The Bertz CT molecular complexity index is 551. The van der Waals surface area contributed by atoms with Gasteiger partial charge in [0.2, 0.25) is 10.0 Å². The van der Waals surface area contributed by atoms with E-state index >= 15 is 0 Å². The number of nitrogen functional groups attached to an aromatic ring is 1. The number of methoxy groups -OCH3 is 1. The Kier molecular flexibility index (Phi) is 6.41. The first-order valence-corrected chi connectivity index (χ1v) is 7.43. The fourth-order valence-corrected chi connectivity index (χ4v) is 3.02. The number of sulfonamides is 1. The summed E-state index contributed by atoms with van der Waals surface area (Å²) < 4.78 is 31.1. The molecule has 0 amide bonds. The molecule has 3 N–H and O–H groups in total. The largest absolute Gasteiger partial charge is 0.383 e. The Hall–Kier alpha value is -1.66. The highest BCUT2D eigenvalue weighted by molar-refractivity contribution is 7.89. The number of anilines is 1. The first-order valence-electron chi connectivity index (χ1n) is 5.99. The second-order valence-corrected chi connectivity index (χ2v) is 5.91. The molecule has 0 spiro atoms. The smallest absolute Gasteiger partial charge is 0.243 e. The molecule has 0 aliphatic rings. The number of rotatable bonds is 8. The summed E-state index contributed by atoms with van der Waals surface area (Å²) in [5, 5.41) is 8.62. The van der Waals surface area contributed by atoms with Crippen LogP contribution in [-0.2, 0) is 14.8 Å². The fraction of sp³-hybridized carbons (Fsp3) is 0.417. The van der Waals surface area contributed by atoms with Crippen LogP contribution in [-0.4, -0.2) is 39.5 Å². The predicted molar refractivity (Wildman–Crippen MR) is 75.1 cm³/mol. The molecule has 8 heteroatoms. The Balaban J connectivity index is 2.97. The number of nitrogens with zero attached hydrogens (tertiary/aromatic N) is 2. The number of hydrogen-bond donors (Lipinski definition) is 2. The zero-order valence-corrected chi connectivity index (χ0v) is 12.1. The molecular formula is C12H18N4O3S. The third-order valence-electron chi connectivity index (χ3n) is 2.68. The normalized spacial score (nSPS) is 11.3. The van der Waals surface area contributed by atoms with Crippen molar-refractivity contribution in [3.63, 3.8) is 0 Å². The van der Waals surface area contributed by atoms with Crippen molar-refractivity contribution in [3.05, 3.63) is 24.3 Å². The SMILES string of the molecule is COCCN(CCC#N)S(=O)(=O)c1ccc(NN)cc1. The molecule has 7 nitrogen and oxygen atoms in total. The summed E-state index contributed by atoms with van der Waals surface area (Å²) in [6.07, 6.45) is 0.130. The average Bonchev–Trinajstić information content (AvgIpc) is 2.47. The molecule has 0 unspecified atom stereocenters. The zero-order chi connectivity index (χ0) is 15.0. The zero-order valence-electron chi connectivity index (χ0n) is 11.2. The Morgan fingerprint density at radius 1 is 1.35 bits per heavy atom. The monoisotopic (exact) mass is 298 g/mol. The van der Waals surface area contributed by atoms with Crippen molar-refractivity contribution in [3.8, 4) is 6.07 Å². The van der Waals surface area contributed by atoms with Gasteiger partial charge in [-0.3, -0.25) is 5.84 Å². The van der Waals surface area contributed by atoms with Gasteiger partial charge in [-0.25, -0.2) is 8.42 Å². The van der Waals surface area contributed by atoms with E-state index < -0.39 is 10.0 Å². The van der Waals surface area contributed by atoms with Crippen molar-refractivity contribution in [1.29, 1.82) is 5.26 Å². The lowest BCUT2D eigenvalue weighted by Gasteiger charge is -2.20. The van der Waals surface area contributed by atoms with E-state index in [0.29, 0.717) is 5.69 Å². The maximum atomic E-state index is 12.5. The number of hydrogen-bond acceptors (Lipinski definition) is 6. The van der Waals surface area contributed by atoms with Crippen molar-refractivity contribution in [2.24, 2.45) is 5.84 Å². The van der Waals surface area contributed by atoms with Crippen molar-refractivity contribution in [1.82, 2.24) is 4.31 Å². The van der Waals surface area contributed by atoms with Crippen LogP contribution in [0.15, 0.2) is 29.2 Å². The second kappa shape index (κ2) is 7.81. The van der Waals surface area contributed by atoms with Crippen LogP contribution in [0.2, 0.25) is 0 Å². The van der Waals surface area contributed by atoms with Gasteiger partial charge in [-0.05, 0) is 24.3 Å². The highest BCUT2D eigenvalue weighted by Crippen LogP contribution is 2.18. The van der Waals surface area contributed by atoms with Crippen molar-refractivity contribution in [2.75, 3.05) is 32.2 Å². The van der Waals surface area contributed by atoms with Gasteiger partial charge in [-0.2, -0.15) is 9.57 Å². The molecule has 0 saturated heterocycles. The van der Waals surface area contributed by atoms with E-state index in [-0.39, 0.29) is 31.0 Å². The predicted octanol–water partition coefficient (Wildman–Crippen LogP) is 0.523. The standard InChI is InChI=1S/C12H18N4O3S/c1-19-10-9-16(8-2-7-13)20(17,18)12-5-3-11(15-14)4-6-12/h3-6,15H,2,8-10,14H2,1H3. The average molecular weight is 298 g/mol. The molecule has 1 aromatic carbocycles. The summed E-state index contributed by atoms with van der Waals surface area (Å²) in [6.45, 7) is 0.615. The molecule has 0 aliphatic carbocycles. The quantitative estimate of drug-likeness (QED) is 0.535. The van der Waals surface area contributed by atoms with Crippen molar-refractivity contribution in [2.45, 2.75) is 11.3 Å². The van der Waals surface area contributed by atoms with Gasteiger partial charge in [-0.1, -0.05) is 0 Å². The topological polar surface area (TPSA) is 108 Å². The third kappa shape index (κ3) is 4.18. The second-order valence-electron chi connectivity index (χ2n) is 3.97. The number of nitrogens with two attached hydrogens (primary N) is 1. The minimum absolute atomic E-state index is 0.130. The van der Waals surface area contributed by atoms with Crippen LogP contribution in [0.1, 0.15) is 6.42 Å². The van der Waals surface area contributed by atoms with E-state index in [4.69, 9.17) is 15.8 Å². The van der Waals surface area contributed by atoms with Gasteiger partial charge in [0.15, 0.2) is 0 Å². The minimum atomic E-state index is -3.64. The van der Waals surface area contributed by atoms with Crippen molar-refractivity contribution >= 4 is 15.7 Å². The molecule has 110 valence electrons. The molecule has 0 bridgehead atoms. The van der Waals surface area contributed by atoms with E-state index in [1.54, 1.807) is 12.1 Å². The summed E-state index contributed by atoms with van der Waals surface area (Å²) in [5.74, 6) is 5.24. The van der Waals surface area contributed by atoms with Gasteiger partial charge in [0, 0.05) is 32.3 Å². The highest BCUT2D eigenvalue weighted by Gasteiger charge is 2.23. The summed E-state index contributed by atoms with van der Waals surface area (Å²) in [4.78, 5) is 0.158. The summed E-state index contributed by atoms with van der Waals surface area (Å²) in [7, 11) is -2.14. The molecule has 20 heavy (non-hydrogen) atoms. The van der Waals surface area contributed by atoms with Gasteiger partial charge in [-0.15, -0.1) is 0 Å². The molecule has 1 rings (SSSR count). The van der Waals surface area contributed by atoms with Gasteiger partial charge in [0.1, 0.15) is 0 Å². The van der Waals surface area contributed by atoms with Crippen LogP contribution >= 0.6 is 0 Å². The lowest BCUT2D eigenvalue weighted by atomic mass is 10.3. The maximum Gasteiger partial charge on any atom is 0.243 e. The minimum Gasteiger partial charge on any atom is -0.383 e. The van der Waals surface area contributed by atoms with E-state index in [0.717, 1.165) is 0 Å². The number of nitrogens with one attached hydrogen (secondary N) is 1. The van der Waals surface area contributed by atoms with E-state index in [9.17, 15) is 8.42 Å². The van der Waals surface area contributed by atoms with E-state index in [1.807, 2.05) is 6.07 Å². The molecule has 0 fully saturated rings. The first-order chi connectivity index (χ1) is 9.56.